The van der Waals surface area contributed by atoms with Crippen LogP contribution in [0.2, 0.25) is 0 Å². The monoisotopic (exact) mass is 385 g/mol. The lowest BCUT2D eigenvalue weighted by atomic mass is 9.98. The summed E-state index contributed by atoms with van der Waals surface area (Å²) in [6.45, 7) is 4.23. The van der Waals surface area contributed by atoms with E-state index in [0.29, 0.717) is 18.0 Å². The first-order valence-electron chi connectivity index (χ1n) is 9.76. The molecular formula is C24H23N3O2. The van der Waals surface area contributed by atoms with Crippen LogP contribution in [-0.4, -0.2) is 22.5 Å². The average molecular weight is 385 g/mol. The van der Waals surface area contributed by atoms with Gasteiger partial charge in [0.1, 0.15) is 5.52 Å². The average Bonchev–Trinajstić information content (AvgIpc) is 2.72. The Morgan fingerprint density at radius 1 is 1.07 bits per heavy atom. The molecule has 0 amide bonds. The van der Waals surface area contributed by atoms with Gasteiger partial charge >= 0.3 is 5.97 Å². The van der Waals surface area contributed by atoms with Gasteiger partial charge < -0.3 is 10.5 Å². The third-order valence-corrected chi connectivity index (χ3v) is 5.09. The third-order valence-electron chi connectivity index (χ3n) is 5.09. The van der Waals surface area contributed by atoms with E-state index in [1.807, 2.05) is 37.3 Å². The maximum Gasteiger partial charge on any atom is 0.338 e. The molecule has 5 heteroatoms. The van der Waals surface area contributed by atoms with E-state index in [0.717, 1.165) is 45.8 Å². The lowest BCUT2D eigenvalue weighted by Crippen LogP contribution is -2.04. The van der Waals surface area contributed by atoms with Crippen LogP contribution in [0.15, 0.2) is 54.7 Å². The van der Waals surface area contributed by atoms with Crippen molar-refractivity contribution in [3.63, 3.8) is 0 Å². The number of nitrogens with two attached hydrogens (primary N) is 1. The van der Waals surface area contributed by atoms with E-state index in [1.165, 1.54) is 5.56 Å². The molecule has 0 spiro atoms. The maximum atomic E-state index is 11.8. The summed E-state index contributed by atoms with van der Waals surface area (Å²) in [5.41, 5.74) is 11.9. The van der Waals surface area contributed by atoms with E-state index < -0.39 is 0 Å². The molecule has 0 aliphatic rings. The summed E-state index contributed by atoms with van der Waals surface area (Å²) >= 11 is 0. The summed E-state index contributed by atoms with van der Waals surface area (Å²) in [5.74, 6) is 0.169. The quantitative estimate of drug-likeness (QED) is 0.400. The first-order chi connectivity index (χ1) is 14.1. The molecule has 29 heavy (non-hydrogen) atoms. The number of nitrogen functional groups attached to an aromatic ring is 1. The number of carbonyl (C=O) groups is 1. The Morgan fingerprint density at radius 3 is 2.62 bits per heavy atom. The van der Waals surface area contributed by atoms with Crippen molar-refractivity contribution in [2.24, 2.45) is 0 Å². The zero-order chi connectivity index (χ0) is 20.4. The van der Waals surface area contributed by atoms with Crippen molar-refractivity contribution in [3.8, 4) is 0 Å². The Balaban J connectivity index is 1.66. The van der Waals surface area contributed by atoms with Gasteiger partial charge in [-0.05, 0) is 67.6 Å². The number of benzene rings is 2. The second-order valence-corrected chi connectivity index (χ2v) is 7.13. The van der Waals surface area contributed by atoms with Gasteiger partial charge in [0.25, 0.3) is 0 Å². The van der Waals surface area contributed by atoms with Crippen molar-refractivity contribution >= 4 is 33.6 Å². The summed E-state index contributed by atoms with van der Waals surface area (Å²) in [4.78, 5) is 20.8. The van der Waals surface area contributed by atoms with Gasteiger partial charge in [0.05, 0.1) is 17.7 Å². The number of nitrogens with zero attached hydrogens (tertiary/aromatic N) is 2. The number of rotatable bonds is 5. The second-order valence-electron chi connectivity index (χ2n) is 7.13. The van der Waals surface area contributed by atoms with E-state index in [2.05, 4.69) is 28.2 Å². The molecule has 2 heterocycles. The van der Waals surface area contributed by atoms with Gasteiger partial charge in [-0.15, -0.1) is 0 Å². The molecule has 2 aromatic carbocycles. The standard InChI is InChI=1S/C24H23N3O2/c1-3-29-24(28)18-9-6-16(7-10-18)5-8-17-12-13-26-22-21(17)19-11-4-15(2)14-20(19)27-23(22)25/h4,6-7,9-14H,3,5,8H2,1-2H3,(H2,25,27). The molecule has 0 aliphatic heterocycles. The smallest absolute Gasteiger partial charge is 0.338 e. The maximum absolute atomic E-state index is 11.8. The van der Waals surface area contributed by atoms with Crippen molar-refractivity contribution < 1.29 is 9.53 Å². The van der Waals surface area contributed by atoms with E-state index in [4.69, 9.17) is 10.5 Å². The lowest BCUT2D eigenvalue weighted by Gasteiger charge is -2.11. The highest BCUT2D eigenvalue weighted by atomic mass is 16.5. The summed E-state index contributed by atoms with van der Waals surface area (Å²) in [5, 5.41) is 2.14. The third kappa shape index (κ3) is 3.76. The number of pyridine rings is 2. The van der Waals surface area contributed by atoms with Crippen LogP contribution < -0.4 is 5.73 Å². The SMILES string of the molecule is CCOC(=O)c1ccc(CCc2ccnc3c(N)nc4cc(C)ccc4c23)cc1. The molecule has 2 N–H and O–H groups in total. The minimum atomic E-state index is -0.288. The molecule has 0 aliphatic carbocycles. The molecule has 0 radical (unpaired) electrons. The lowest BCUT2D eigenvalue weighted by molar-refractivity contribution is 0.0526. The summed E-state index contributed by atoms with van der Waals surface area (Å²) < 4.78 is 5.04. The summed E-state index contributed by atoms with van der Waals surface area (Å²) in [7, 11) is 0. The summed E-state index contributed by atoms with van der Waals surface area (Å²) in [6, 6.07) is 15.9. The normalized spacial score (nSPS) is 11.1. The van der Waals surface area contributed by atoms with Gasteiger partial charge in [-0.25, -0.2) is 9.78 Å². The predicted octanol–water partition coefficient (Wildman–Crippen LogP) is 4.64. The van der Waals surface area contributed by atoms with Crippen molar-refractivity contribution in [3.05, 3.63) is 77.0 Å². The van der Waals surface area contributed by atoms with Crippen molar-refractivity contribution in [2.45, 2.75) is 26.7 Å². The molecule has 0 bridgehead atoms. The highest BCUT2D eigenvalue weighted by Gasteiger charge is 2.12. The van der Waals surface area contributed by atoms with Gasteiger partial charge in [0.2, 0.25) is 0 Å². The van der Waals surface area contributed by atoms with E-state index in [9.17, 15) is 4.79 Å². The van der Waals surface area contributed by atoms with Gasteiger partial charge in [-0.3, -0.25) is 4.98 Å². The fourth-order valence-electron chi connectivity index (χ4n) is 3.63. The number of esters is 1. The highest BCUT2D eigenvalue weighted by Crippen LogP contribution is 2.30. The summed E-state index contributed by atoms with van der Waals surface area (Å²) in [6.07, 6.45) is 3.47. The van der Waals surface area contributed by atoms with Gasteiger partial charge in [0.15, 0.2) is 5.82 Å². The fourth-order valence-corrected chi connectivity index (χ4v) is 3.63. The highest BCUT2D eigenvalue weighted by molar-refractivity contribution is 6.09. The fraction of sp³-hybridized carbons (Fsp3) is 0.208. The van der Waals surface area contributed by atoms with Crippen LogP contribution in [0.5, 0.6) is 0 Å². The molecule has 4 rings (SSSR count). The molecule has 0 unspecified atom stereocenters. The van der Waals surface area contributed by atoms with Crippen LogP contribution in [0.3, 0.4) is 0 Å². The number of aromatic nitrogens is 2. The number of aryl methyl sites for hydroxylation is 3. The number of carbonyl (C=O) groups excluding carboxylic acids is 1. The van der Waals surface area contributed by atoms with Crippen LogP contribution in [-0.2, 0) is 17.6 Å². The molecule has 0 atom stereocenters. The van der Waals surface area contributed by atoms with Gasteiger partial charge in [0, 0.05) is 17.0 Å². The largest absolute Gasteiger partial charge is 0.462 e. The molecule has 5 nitrogen and oxygen atoms in total. The Labute approximate surface area is 169 Å². The Bertz CT molecular complexity index is 1200. The minimum Gasteiger partial charge on any atom is -0.462 e. The number of hydrogen-bond donors (Lipinski definition) is 1. The van der Waals surface area contributed by atoms with E-state index in [-0.39, 0.29) is 5.97 Å². The predicted molar refractivity (Wildman–Crippen MR) is 116 cm³/mol. The molecule has 0 saturated carbocycles. The van der Waals surface area contributed by atoms with Crippen LogP contribution in [0.25, 0.3) is 21.8 Å². The molecule has 0 fully saturated rings. The topological polar surface area (TPSA) is 78.1 Å². The molecule has 146 valence electrons. The zero-order valence-electron chi connectivity index (χ0n) is 16.6. The number of fused-ring (bicyclic) bond motifs is 3. The number of hydrogen-bond acceptors (Lipinski definition) is 5. The zero-order valence-corrected chi connectivity index (χ0v) is 16.6. The van der Waals surface area contributed by atoms with Crippen LogP contribution in [0.1, 0.15) is 34.0 Å². The van der Waals surface area contributed by atoms with E-state index in [1.54, 1.807) is 13.1 Å². The first kappa shape index (κ1) is 18.9. The van der Waals surface area contributed by atoms with E-state index >= 15 is 0 Å². The van der Waals surface area contributed by atoms with Crippen LogP contribution in [0.4, 0.5) is 5.82 Å². The van der Waals surface area contributed by atoms with Crippen LogP contribution >= 0.6 is 0 Å². The number of anilines is 1. The molecule has 4 aromatic rings. The second kappa shape index (κ2) is 7.87. The molecule has 0 saturated heterocycles. The van der Waals surface area contributed by atoms with Gasteiger partial charge in [-0.2, -0.15) is 0 Å². The van der Waals surface area contributed by atoms with Crippen LogP contribution in [0, 0.1) is 6.92 Å². The Hall–Kier alpha value is -3.47. The van der Waals surface area contributed by atoms with Gasteiger partial charge in [-0.1, -0.05) is 24.3 Å². The Kier molecular flexibility index (Phi) is 5.12. The minimum absolute atomic E-state index is 0.288. The first-order valence-corrected chi connectivity index (χ1v) is 9.76. The number of ether oxygens (including phenoxy) is 1. The van der Waals surface area contributed by atoms with Crippen molar-refractivity contribution in [2.75, 3.05) is 12.3 Å². The molecule has 2 aromatic heterocycles. The van der Waals surface area contributed by atoms with Crippen molar-refractivity contribution in [1.82, 2.24) is 9.97 Å². The Morgan fingerprint density at radius 2 is 1.86 bits per heavy atom. The van der Waals surface area contributed by atoms with Crippen molar-refractivity contribution in [1.29, 1.82) is 0 Å². The molecular weight excluding hydrogens is 362 g/mol.